The lowest BCUT2D eigenvalue weighted by Crippen LogP contribution is -2.38. The topological polar surface area (TPSA) is 32.3 Å². The molecule has 108 valence electrons. The van der Waals surface area contributed by atoms with E-state index in [0.29, 0.717) is 6.54 Å². The Kier molecular flexibility index (Phi) is 7.44. The summed E-state index contributed by atoms with van der Waals surface area (Å²) in [6.45, 7) is 5.99. The summed E-state index contributed by atoms with van der Waals surface area (Å²) in [5, 5.41) is 13.6. The van der Waals surface area contributed by atoms with Crippen molar-refractivity contribution in [2.75, 3.05) is 19.3 Å². The second-order valence-corrected chi connectivity index (χ2v) is 6.99. The van der Waals surface area contributed by atoms with Crippen LogP contribution in [0.4, 0.5) is 0 Å². The second-order valence-electron chi connectivity index (χ2n) is 4.80. The molecular formula is C15H24BrNOS. The molecular weight excluding hydrogens is 322 g/mol. The summed E-state index contributed by atoms with van der Waals surface area (Å²) in [4.78, 5) is 0. The van der Waals surface area contributed by atoms with Gasteiger partial charge in [-0.15, -0.1) is 0 Å². The first-order valence-corrected chi connectivity index (χ1v) is 8.78. The number of hydrogen-bond acceptors (Lipinski definition) is 3. The van der Waals surface area contributed by atoms with Crippen molar-refractivity contribution in [2.24, 2.45) is 0 Å². The van der Waals surface area contributed by atoms with Gasteiger partial charge in [-0.25, -0.2) is 0 Å². The number of nitrogens with one attached hydrogen (secondary N) is 1. The van der Waals surface area contributed by atoms with E-state index < -0.39 is 6.10 Å². The van der Waals surface area contributed by atoms with Crippen molar-refractivity contribution in [1.29, 1.82) is 0 Å². The van der Waals surface area contributed by atoms with Crippen LogP contribution in [0.1, 0.15) is 38.4 Å². The van der Waals surface area contributed by atoms with E-state index in [9.17, 15) is 5.11 Å². The zero-order valence-electron chi connectivity index (χ0n) is 11.9. The Bertz CT molecular complexity index is 374. The van der Waals surface area contributed by atoms with Crippen LogP contribution in [0.15, 0.2) is 28.7 Å². The molecule has 4 heteroatoms. The quantitative estimate of drug-likeness (QED) is 0.746. The molecule has 1 atom stereocenters. The molecule has 0 radical (unpaired) electrons. The Morgan fingerprint density at radius 1 is 1.37 bits per heavy atom. The molecule has 0 aliphatic heterocycles. The predicted octanol–water partition coefficient (Wildman–Crippen LogP) is 3.99. The zero-order chi connectivity index (χ0) is 14.3. The first kappa shape index (κ1) is 17.0. The molecule has 0 spiro atoms. The van der Waals surface area contributed by atoms with Gasteiger partial charge in [0.05, 0.1) is 6.10 Å². The minimum Gasteiger partial charge on any atom is -0.387 e. The number of benzene rings is 1. The Balaban J connectivity index is 2.48. The summed E-state index contributed by atoms with van der Waals surface area (Å²) in [6, 6.07) is 7.84. The van der Waals surface area contributed by atoms with Crippen LogP contribution in [0.25, 0.3) is 0 Å². The van der Waals surface area contributed by atoms with E-state index in [0.717, 1.165) is 29.4 Å². The number of rotatable bonds is 8. The number of aliphatic hydroxyl groups is 1. The molecule has 1 aromatic carbocycles. The van der Waals surface area contributed by atoms with Gasteiger partial charge in [0.25, 0.3) is 0 Å². The third kappa shape index (κ3) is 5.10. The summed E-state index contributed by atoms with van der Waals surface area (Å²) < 4.78 is 1.29. The van der Waals surface area contributed by atoms with E-state index in [1.165, 1.54) is 0 Å². The Morgan fingerprint density at radius 2 is 2.05 bits per heavy atom. The summed E-state index contributed by atoms with van der Waals surface area (Å²) in [5.41, 5.74) is 0.949. The predicted molar refractivity (Wildman–Crippen MR) is 88.8 cm³/mol. The Morgan fingerprint density at radius 3 is 2.58 bits per heavy atom. The smallest absolute Gasteiger partial charge is 0.0914 e. The fraction of sp³-hybridized carbons (Fsp3) is 0.600. The Hall–Kier alpha value is -0.0300. The van der Waals surface area contributed by atoms with Crippen molar-refractivity contribution in [3.8, 4) is 0 Å². The van der Waals surface area contributed by atoms with E-state index in [1.807, 2.05) is 36.0 Å². The highest BCUT2D eigenvalue weighted by atomic mass is 79.9. The third-order valence-electron chi connectivity index (χ3n) is 3.74. The summed E-state index contributed by atoms with van der Waals surface area (Å²) >= 11 is 5.34. The van der Waals surface area contributed by atoms with Crippen LogP contribution < -0.4 is 5.32 Å². The molecule has 19 heavy (non-hydrogen) atoms. The number of halogens is 1. The molecule has 1 rings (SSSR count). The van der Waals surface area contributed by atoms with Crippen molar-refractivity contribution in [1.82, 2.24) is 5.32 Å². The lowest BCUT2D eigenvalue weighted by molar-refractivity contribution is 0.173. The molecule has 1 aromatic rings. The second kappa shape index (κ2) is 8.30. The van der Waals surface area contributed by atoms with E-state index in [-0.39, 0.29) is 4.75 Å². The molecule has 0 saturated heterocycles. The largest absolute Gasteiger partial charge is 0.387 e. The lowest BCUT2D eigenvalue weighted by atomic mass is 10.0. The highest BCUT2D eigenvalue weighted by Gasteiger charge is 2.24. The molecule has 0 fully saturated rings. The molecule has 0 aliphatic carbocycles. The van der Waals surface area contributed by atoms with Crippen LogP contribution in [0.3, 0.4) is 0 Å². The molecule has 0 bridgehead atoms. The third-order valence-corrected chi connectivity index (χ3v) is 5.82. The molecule has 0 aliphatic rings. The number of aliphatic hydroxyl groups excluding tert-OH is 1. The first-order chi connectivity index (χ1) is 9.06. The zero-order valence-corrected chi connectivity index (χ0v) is 14.4. The minimum atomic E-state index is -0.453. The van der Waals surface area contributed by atoms with Gasteiger partial charge in [0.1, 0.15) is 0 Å². The van der Waals surface area contributed by atoms with Crippen LogP contribution in [0, 0.1) is 0 Å². The van der Waals surface area contributed by atoms with Gasteiger partial charge in [-0.05, 0) is 36.8 Å². The molecule has 0 aromatic heterocycles. The average Bonchev–Trinajstić information content (AvgIpc) is 2.44. The fourth-order valence-electron chi connectivity index (χ4n) is 2.13. The SMILES string of the molecule is CCC(CC)(CNCC(O)c1cccc(Br)c1)SC. The highest BCUT2D eigenvalue weighted by molar-refractivity contribution is 9.10. The van der Waals surface area contributed by atoms with Crippen molar-refractivity contribution < 1.29 is 5.11 Å². The van der Waals surface area contributed by atoms with Crippen LogP contribution >= 0.6 is 27.7 Å². The van der Waals surface area contributed by atoms with Crippen LogP contribution in [-0.4, -0.2) is 29.2 Å². The lowest BCUT2D eigenvalue weighted by Gasteiger charge is -2.30. The van der Waals surface area contributed by atoms with E-state index in [4.69, 9.17) is 0 Å². The molecule has 2 N–H and O–H groups in total. The van der Waals surface area contributed by atoms with Gasteiger partial charge in [0, 0.05) is 22.3 Å². The summed E-state index contributed by atoms with van der Waals surface area (Å²) in [6.07, 6.45) is 4.00. The Labute approximate surface area is 129 Å². The van der Waals surface area contributed by atoms with Crippen LogP contribution in [0.5, 0.6) is 0 Å². The van der Waals surface area contributed by atoms with Crippen LogP contribution in [0.2, 0.25) is 0 Å². The molecule has 0 heterocycles. The van der Waals surface area contributed by atoms with Crippen molar-refractivity contribution in [3.05, 3.63) is 34.3 Å². The molecule has 2 nitrogen and oxygen atoms in total. The van der Waals surface area contributed by atoms with E-state index in [2.05, 4.69) is 41.3 Å². The van der Waals surface area contributed by atoms with Crippen LogP contribution in [-0.2, 0) is 0 Å². The highest BCUT2D eigenvalue weighted by Crippen LogP contribution is 2.29. The number of thioether (sulfide) groups is 1. The fourth-order valence-corrected chi connectivity index (χ4v) is 3.37. The number of hydrogen-bond donors (Lipinski definition) is 2. The van der Waals surface area contributed by atoms with E-state index >= 15 is 0 Å². The average molecular weight is 346 g/mol. The standard InChI is InChI=1S/C15H24BrNOS/c1-4-15(5-2,19-3)11-17-10-14(18)12-7-6-8-13(16)9-12/h6-9,14,17-18H,4-5,10-11H2,1-3H3. The summed E-state index contributed by atoms with van der Waals surface area (Å²) in [7, 11) is 0. The van der Waals surface area contributed by atoms with Crippen molar-refractivity contribution in [2.45, 2.75) is 37.5 Å². The van der Waals surface area contributed by atoms with Gasteiger partial charge in [-0.1, -0.05) is 41.9 Å². The molecule has 0 saturated carbocycles. The molecule has 0 amide bonds. The summed E-state index contributed by atoms with van der Waals surface area (Å²) in [5.74, 6) is 0. The van der Waals surface area contributed by atoms with Crippen molar-refractivity contribution in [3.63, 3.8) is 0 Å². The monoisotopic (exact) mass is 345 g/mol. The first-order valence-electron chi connectivity index (χ1n) is 6.76. The maximum Gasteiger partial charge on any atom is 0.0914 e. The maximum absolute atomic E-state index is 10.2. The maximum atomic E-state index is 10.2. The molecule has 1 unspecified atom stereocenters. The van der Waals surface area contributed by atoms with Gasteiger partial charge in [0.15, 0.2) is 0 Å². The minimum absolute atomic E-state index is 0.289. The van der Waals surface area contributed by atoms with Gasteiger partial charge in [0.2, 0.25) is 0 Å². The van der Waals surface area contributed by atoms with E-state index in [1.54, 1.807) is 0 Å². The van der Waals surface area contributed by atoms with Crippen molar-refractivity contribution >= 4 is 27.7 Å². The van der Waals surface area contributed by atoms with Gasteiger partial charge in [-0.2, -0.15) is 11.8 Å². The van der Waals surface area contributed by atoms with Gasteiger partial charge >= 0.3 is 0 Å². The van der Waals surface area contributed by atoms with Gasteiger partial charge < -0.3 is 10.4 Å². The normalized spacial score (nSPS) is 13.5. The van der Waals surface area contributed by atoms with Gasteiger partial charge in [-0.3, -0.25) is 0 Å².